The van der Waals surface area contributed by atoms with Gasteiger partial charge in [0.2, 0.25) is 5.91 Å². The molecule has 4 nitrogen and oxygen atoms in total. The normalized spacial score (nSPS) is 16.8. The second-order valence-corrected chi connectivity index (χ2v) is 7.59. The van der Waals surface area contributed by atoms with E-state index in [9.17, 15) is 4.79 Å². The van der Waals surface area contributed by atoms with Gasteiger partial charge in [0.05, 0.1) is 0 Å². The number of aromatic nitrogens is 1. The minimum Gasteiger partial charge on any atom is -0.355 e. The zero-order chi connectivity index (χ0) is 15.6. The number of hydrogen-bond donors (Lipinski definition) is 0. The Morgan fingerprint density at radius 1 is 1.24 bits per heavy atom. The lowest BCUT2D eigenvalue weighted by molar-refractivity contribution is -0.139. The Morgan fingerprint density at radius 2 is 1.95 bits per heavy atom. The highest BCUT2D eigenvalue weighted by atomic mass is 79.9. The molecule has 0 aliphatic carbocycles. The number of rotatable bonds is 1. The number of aryl methyl sites for hydroxylation is 1. The highest BCUT2D eigenvalue weighted by Crippen LogP contribution is 2.23. The molecule has 0 spiro atoms. The predicted octanol–water partition coefficient (Wildman–Crippen LogP) is 3.24. The van der Waals surface area contributed by atoms with E-state index in [1.807, 2.05) is 31.9 Å². The quantitative estimate of drug-likeness (QED) is 0.777. The first kappa shape index (κ1) is 16.3. The van der Waals surface area contributed by atoms with Crippen molar-refractivity contribution in [3.05, 3.63) is 22.3 Å². The highest BCUT2D eigenvalue weighted by molar-refractivity contribution is 9.10. The van der Waals surface area contributed by atoms with Gasteiger partial charge in [-0.15, -0.1) is 0 Å². The van der Waals surface area contributed by atoms with Crippen LogP contribution in [0, 0.1) is 12.3 Å². The molecule has 5 heteroatoms. The topological polar surface area (TPSA) is 36.4 Å². The van der Waals surface area contributed by atoms with E-state index in [4.69, 9.17) is 0 Å². The Kier molecular flexibility index (Phi) is 4.91. The Hall–Kier alpha value is -1.10. The molecule has 2 rings (SSSR count). The van der Waals surface area contributed by atoms with Gasteiger partial charge in [-0.05, 0) is 40.9 Å². The van der Waals surface area contributed by atoms with E-state index in [1.54, 1.807) is 0 Å². The summed E-state index contributed by atoms with van der Waals surface area (Å²) in [6.45, 7) is 11.4. The SMILES string of the molecule is Cc1cc(Br)cnc1N1CCCN(C(=O)C(C)(C)C)CC1. The van der Waals surface area contributed by atoms with Crippen LogP contribution in [0.4, 0.5) is 5.82 Å². The molecular weight excluding hydrogens is 330 g/mol. The van der Waals surface area contributed by atoms with Crippen molar-refractivity contribution < 1.29 is 4.79 Å². The van der Waals surface area contributed by atoms with Crippen molar-refractivity contribution in [3.63, 3.8) is 0 Å². The van der Waals surface area contributed by atoms with E-state index in [1.165, 1.54) is 5.56 Å². The van der Waals surface area contributed by atoms with Crippen LogP contribution in [-0.2, 0) is 4.79 Å². The van der Waals surface area contributed by atoms with Crippen LogP contribution in [0.25, 0.3) is 0 Å². The van der Waals surface area contributed by atoms with E-state index in [0.29, 0.717) is 0 Å². The summed E-state index contributed by atoms with van der Waals surface area (Å²) in [7, 11) is 0. The fourth-order valence-corrected chi connectivity index (χ4v) is 3.12. The van der Waals surface area contributed by atoms with E-state index in [-0.39, 0.29) is 11.3 Å². The molecule has 1 aliphatic heterocycles. The molecule has 0 unspecified atom stereocenters. The van der Waals surface area contributed by atoms with Crippen molar-refractivity contribution in [3.8, 4) is 0 Å². The number of nitrogens with zero attached hydrogens (tertiary/aromatic N) is 3. The first-order chi connectivity index (χ1) is 9.79. The minimum atomic E-state index is -0.305. The van der Waals surface area contributed by atoms with Crippen molar-refractivity contribution in [2.75, 3.05) is 31.1 Å². The molecule has 2 heterocycles. The van der Waals surface area contributed by atoms with Crippen LogP contribution in [0.1, 0.15) is 32.8 Å². The number of halogens is 1. The maximum absolute atomic E-state index is 12.4. The van der Waals surface area contributed by atoms with Gasteiger partial charge in [-0.2, -0.15) is 0 Å². The van der Waals surface area contributed by atoms with Crippen LogP contribution in [-0.4, -0.2) is 42.0 Å². The van der Waals surface area contributed by atoms with Gasteiger partial charge in [0, 0.05) is 42.3 Å². The van der Waals surface area contributed by atoms with Gasteiger partial charge in [-0.25, -0.2) is 4.98 Å². The fourth-order valence-electron chi connectivity index (χ4n) is 2.67. The summed E-state index contributed by atoms with van der Waals surface area (Å²) < 4.78 is 1.00. The van der Waals surface area contributed by atoms with E-state index < -0.39 is 0 Å². The first-order valence-electron chi connectivity index (χ1n) is 7.45. The van der Waals surface area contributed by atoms with Crippen molar-refractivity contribution >= 4 is 27.7 Å². The molecule has 116 valence electrons. The van der Waals surface area contributed by atoms with Crippen LogP contribution in [0.2, 0.25) is 0 Å². The molecule has 1 aromatic heterocycles. The molecule has 0 bridgehead atoms. The smallest absolute Gasteiger partial charge is 0.228 e. The Balaban J connectivity index is 2.09. The second kappa shape index (κ2) is 6.34. The van der Waals surface area contributed by atoms with Gasteiger partial charge in [0.1, 0.15) is 5.82 Å². The third-order valence-electron chi connectivity index (χ3n) is 3.74. The third-order valence-corrected chi connectivity index (χ3v) is 4.18. The average Bonchev–Trinajstić information content (AvgIpc) is 2.62. The molecule has 1 saturated heterocycles. The molecule has 1 amide bonds. The number of carbonyl (C=O) groups is 1. The Morgan fingerprint density at radius 3 is 2.57 bits per heavy atom. The summed E-state index contributed by atoms with van der Waals surface area (Å²) in [4.78, 5) is 21.2. The molecule has 1 aromatic rings. The van der Waals surface area contributed by atoms with Crippen molar-refractivity contribution in [2.45, 2.75) is 34.1 Å². The van der Waals surface area contributed by atoms with Gasteiger partial charge in [0.15, 0.2) is 0 Å². The van der Waals surface area contributed by atoms with Crippen LogP contribution in [0.3, 0.4) is 0 Å². The lowest BCUT2D eigenvalue weighted by Crippen LogP contribution is -2.41. The molecule has 0 saturated carbocycles. The van der Waals surface area contributed by atoms with Crippen molar-refractivity contribution in [2.24, 2.45) is 5.41 Å². The average molecular weight is 354 g/mol. The molecule has 0 atom stereocenters. The maximum atomic E-state index is 12.4. The summed E-state index contributed by atoms with van der Waals surface area (Å²) in [6.07, 6.45) is 2.82. The van der Waals surface area contributed by atoms with Crippen molar-refractivity contribution in [1.29, 1.82) is 0 Å². The summed E-state index contributed by atoms with van der Waals surface area (Å²) in [5.41, 5.74) is 0.862. The summed E-state index contributed by atoms with van der Waals surface area (Å²) in [5, 5.41) is 0. The van der Waals surface area contributed by atoms with Gasteiger partial charge < -0.3 is 9.80 Å². The number of pyridine rings is 1. The Labute approximate surface area is 135 Å². The predicted molar refractivity (Wildman–Crippen MR) is 89.5 cm³/mol. The summed E-state index contributed by atoms with van der Waals surface area (Å²) >= 11 is 3.45. The van der Waals surface area contributed by atoms with Crippen LogP contribution in [0.15, 0.2) is 16.7 Å². The highest BCUT2D eigenvalue weighted by Gasteiger charge is 2.28. The van der Waals surface area contributed by atoms with Gasteiger partial charge in [-0.1, -0.05) is 20.8 Å². The van der Waals surface area contributed by atoms with E-state index in [2.05, 4.69) is 38.8 Å². The van der Waals surface area contributed by atoms with Crippen LogP contribution < -0.4 is 4.90 Å². The van der Waals surface area contributed by atoms with Crippen LogP contribution >= 0.6 is 15.9 Å². The number of anilines is 1. The first-order valence-corrected chi connectivity index (χ1v) is 8.25. The minimum absolute atomic E-state index is 0.241. The zero-order valence-corrected chi connectivity index (χ0v) is 14.9. The molecule has 0 N–H and O–H groups in total. The largest absolute Gasteiger partial charge is 0.355 e. The van der Waals surface area contributed by atoms with E-state index in [0.717, 1.165) is 42.9 Å². The summed E-state index contributed by atoms with van der Waals surface area (Å²) in [5.74, 6) is 1.27. The molecular formula is C16H24BrN3O. The Bertz CT molecular complexity index is 525. The third kappa shape index (κ3) is 3.96. The maximum Gasteiger partial charge on any atom is 0.228 e. The fraction of sp³-hybridized carbons (Fsp3) is 0.625. The van der Waals surface area contributed by atoms with Gasteiger partial charge in [-0.3, -0.25) is 4.79 Å². The van der Waals surface area contributed by atoms with E-state index >= 15 is 0 Å². The van der Waals surface area contributed by atoms with Crippen LogP contribution in [0.5, 0.6) is 0 Å². The monoisotopic (exact) mass is 353 g/mol. The lowest BCUT2D eigenvalue weighted by atomic mass is 9.94. The standard InChI is InChI=1S/C16H24BrN3O/c1-12-10-13(17)11-18-14(12)19-6-5-7-20(9-8-19)15(21)16(2,3)4/h10-11H,5-9H2,1-4H3. The number of hydrogen-bond acceptors (Lipinski definition) is 3. The van der Waals surface area contributed by atoms with Gasteiger partial charge >= 0.3 is 0 Å². The van der Waals surface area contributed by atoms with Gasteiger partial charge in [0.25, 0.3) is 0 Å². The molecule has 0 radical (unpaired) electrons. The molecule has 1 fully saturated rings. The number of carbonyl (C=O) groups excluding carboxylic acids is 1. The number of amides is 1. The molecule has 0 aromatic carbocycles. The lowest BCUT2D eigenvalue weighted by Gasteiger charge is -2.28. The summed E-state index contributed by atoms with van der Waals surface area (Å²) in [6, 6.07) is 2.09. The van der Waals surface area contributed by atoms with Crippen molar-refractivity contribution in [1.82, 2.24) is 9.88 Å². The zero-order valence-electron chi connectivity index (χ0n) is 13.3. The molecule has 1 aliphatic rings. The second-order valence-electron chi connectivity index (χ2n) is 6.68. The molecule has 21 heavy (non-hydrogen) atoms.